The van der Waals surface area contributed by atoms with Gasteiger partial charge >= 0.3 is 0 Å². The summed E-state index contributed by atoms with van der Waals surface area (Å²) in [5.41, 5.74) is 0.912. The first-order valence-electron chi connectivity index (χ1n) is 8.79. The number of nitrogens with one attached hydrogen (secondary N) is 1. The zero-order valence-corrected chi connectivity index (χ0v) is 15.1. The molecular weight excluding hydrogens is 330 g/mol. The maximum Gasteiger partial charge on any atom is 0.277 e. The summed E-state index contributed by atoms with van der Waals surface area (Å²) in [5, 5.41) is 12.6. The first kappa shape index (κ1) is 16.5. The van der Waals surface area contributed by atoms with Gasteiger partial charge in [-0.05, 0) is 38.7 Å². The van der Waals surface area contributed by atoms with E-state index in [1.165, 1.54) is 17.5 Å². The Morgan fingerprint density at radius 3 is 2.65 bits per heavy atom. The Labute approximate surface area is 150 Å². The van der Waals surface area contributed by atoms with Crippen LogP contribution in [0.3, 0.4) is 0 Å². The van der Waals surface area contributed by atoms with Crippen LogP contribution in [0.2, 0.25) is 0 Å². The number of benzene rings is 1. The van der Waals surface area contributed by atoms with Crippen molar-refractivity contribution >= 4 is 22.5 Å². The zero-order chi connectivity index (χ0) is 18.4. The molecule has 0 aliphatic heterocycles. The second kappa shape index (κ2) is 6.09. The first-order valence-corrected chi connectivity index (χ1v) is 8.79. The van der Waals surface area contributed by atoms with Gasteiger partial charge in [0.25, 0.3) is 11.5 Å². The molecule has 1 amide bonds. The van der Waals surface area contributed by atoms with Gasteiger partial charge in [-0.1, -0.05) is 18.2 Å². The third kappa shape index (κ3) is 2.69. The summed E-state index contributed by atoms with van der Waals surface area (Å²) in [5.74, 6) is 0.959. The van der Waals surface area contributed by atoms with Crippen LogP contribution < -0.4 is 10.9 Å². The highest BCUT2D eigenvalue weighted by Gasteiger charge is 2.31. The minimum Gasteiger partial charge on any atom is -0.305 e. The molecule has 1 aliphatic rings. The maximum absolute atomic E-state index is 13.0. The number of hydrogen-bond acceptors (Lipinski definition) is 4. The summed E-state index contributed by atoms with van der Waals surface area (Å²) in [6.07, 6.45) is 4.15. The molecule has 1 fully saturated rings. The van der Waals surface area contributed by atoms with Crippen LogP contribution >= 0.6 is 0 Å². The standard InChI is InChI=1S/C19H21N5O2/c1-11-10-20-24(12(2)13-8-9-13)17(11)21-18(25)16-14-6-4-5-7-15(14)19(26)23(3)22-16/h4-7,10,12-13H,8-9H2,1-3H3,(H,21,25)/t12-/m1/s1. The van der Waals surface area contributed by atoms with E-state index in [-0.39, 0.29) is 23.2 Å². The highest BCUT2D eigenvalue weighted by Crippen LogP contribution is 2.40. The van der Waals surface area contributed by atoms with Crippen molar-refractivity contribution in [2.75, 3.05) is 5.32 Å². The molecule has 0 saturated heterocycles. The molecule has 7 heteroatoms. The summed E-state index contributed by atoms with van der Waals surface area (Å²) < 4.78 is 3.09. The maximum atomic E-state index is 13.0. The van der Waals surface area contributed by atoms with Gasteiger partial charge in [-0.2, -0.15) is 10.2 Å². The second-order valence-electron chi connectivity index (χ2n) is 6.98. The fourth-order valence-electron chi connectivity index (χ4n) is 3.33. The number of amides is 1. The van der Waals surface area contributed by atoms with E-state index in [0.29, 0.717) is 22.5 Å². The average Bonchev–Trinajstić information content (AvgIpc) is 3.43. The molecule has 3 aromatic rings. The highest BCUT2D eigenvalue weighted by atomic mass is 16.2. The van der Waals surface area contributed by atoms with Crippen LogP contribution in [0.15, 0.2) is 35.3 Å². The minimum atomic E-state index is -0.343. The molecule has 26 heavy (non-hydrogen) atoms. The van der Waals surface area contributed by atoms with Crippen molar-refractivity contribution in [2.45, 2.75) is 32.7 Å². The van der Waals surface area contributed by atoms with Crippen LogP contribution in [0.1, 0.15) is 41.9 Å². The van der Waals surface area contributed by atoms with Crippen LogP contribution in [-0.4, -0.2) is 25.5 Å². The molecule has 0 bridgehead atoms. The monoisotopic (exact) mass is 351 g/mol. The zero-order valence-electron chi connectivity index (χ0n) is 15.1. The van der Waals surface area contributed by atoms with E-state index in [1.54, 1.807) is 37.5 Å². The molecule has 1 atom stereocenters. The number of aryl methyl sites for hydroxylation is 2. The summed E-state index contributed by atoms with van der Waals surface area (Å²) in [7, 11) is 1.55. The quantitative estimate of drug-likeness (QED) is 0.783. The van der Waals surface area contributed by atoms with Gasteiger partial charge in [0.2, 0.25) is 0 Å². The van der Waals surface area contributed by atoms with E-state index in [9.17, 15) is 9.59 Å². The van der Waals surface area contributed by atoms with Crippen molar-refractivity contribution in [1.29, 1.82) is 0 Å². The summed E-state index contributed by atoms with van der Waals surface area (Å²) in [4.78, 5) is 25.2. The molecule has 1 N–H and O–H groups in total. The number of nitrogens with zero attached hydrogens (tertiary/aromatic N) is 4. The number of aromatic nitrogens is 4. The van der Waals surface area contributed by atoms with Crippen molar-refractivity contribution in [3.05, 3.63) is 52.1 Å². The van der Waals surface area contributed by atoms with Crippen LogP contribution in [-0.2, 0) is 7.05 Å². The Morgan fingerprint density at radius 1 is 1.27 bits per heavy atom. The lowest BCUT2D eigenvalue weighted by molar-refractivity contribution is 0.102. The number of hydrogen-bond donors (Lipinski definition) is 1. The number of rotatable bonds is 4. The molecule has 7 nitrogen and oxygen atoms in total. The molecule has 2 heterocycles. The fraction of sp³-hybridized carbons (Fsp3) is 0.368. The third-order valence-electron chi connectivity index (χ3n) is 5.07. The van der Waals surface area contributed by atoms with Crippen LogP contribution in [0.25, 0.3) is 10.8 Å². The van der Waals surface area contributed by atoms with E-state index < -0.39 is 0 Å². The van der Waals surface area contributed by atoms with E-state index in [0.717, 1.165) is 5.56 Å². The van der Waals surface area contributed by atoms with Gasteiger partial charge < -0.3 is 5.32 Å². The molecule has 1 aromatic carbocycles. The van der Waals surface area contributed by atoms with E-state index in [2.05, 4.69) is 22.4 Å². The topological polar surface area (TPSA) is 81.8 Å². The normalized spacial score (nSPS) is 15.2. The molecule has 0 spiro atoms. The van der Waals surface area contributed by atoms with Crippen LogP contribution in [0.4, 0.5) is 5.82 Å². The van der Waals surface area contributed by atoms with Gasteiger partial charge in [0.05, 0.1) is 17.6 Å². The molecule has 0 radical (unpaired) electrons. The Morgan fingerprint density at radius 2 is 1.96 bits per heavy atom. The largest absolute Gasteiger partial charge is 0.305 e. The first-order chi connectivity index (χ1) is 12.5. The number of carbonyl (C=O) groups is 1. The Hall–Kier alpha value is -2.96. The van der Waals surface area contributed by atoms with Crippen molar-refractivity contribution in [2.24, 2.45) is 13.0 Å². The molecule has 4 rings (SSSR count). The van der Waals surface area contributed by atoms with Crippen molar-refractivity contribution in [3.8, 4) is 0 Å². The summed E-state index contributed by atoms with van der Waals surface area (Å²) in [6.45, 7) is 4.05. The molecule has 2 aromatic heterocycles. The van der Waals surface area contributed by atoms with Gasteiger partial charge in [-0.15, -0.1) is 0 Å². The predicted molar refractivity (Wildman–Crippen MR) is 99.3 cm³/mol. The Kier molecular flexibility index (Phi) is 3.86. The molecule has 1 saturated carbocycles. The number of fused-ring (bicyclic) bond motifs is 1. The number of anilines is 1. The lowest BCUT2D eigenvalue weighted by Crippen LogP contribution is -2.26. The summed E-state index contributed by atoms with van der Waals surface area (Å²) >= 11 is 0. The van der Waals surface area contributed by atoms with Gasteiger partial charge in [-0.3, -0.25) is 9.59 Å². The SMILES string of the molecule is Cc1cnn([C@H](C)C2CC2)c1NC(=O)c1nn(C)c(=O)c2ccccc12. The van der Waals surface area contributed by atoms with Gasteiger partial charge in [0.1, 0.15) is 5.82 Å². The smallest absolute Gasteiger partial charge is 0.277 e. The Balaban J connectivity index is 1.74. The summed E-state index contributed by atoms with van der Waals surface area (Å²) in [6, 6.07) is 7.27. The van der Waals surface area contributed by atoms with Crippen LogP contribution in [0.5, 0.6) is 0 Å². The predicted octanol–water partition coefficient (Wildman–Crippen LogP) is 2.66. The molecule has 0 unspecified atom stereocenters. The van der Waals surface area contributed by atoms with Gasteiger partial charge in [0, 0.05) is 18.0 Å². The van der Waals surface area contributed by atoms with E-state index in [1.807, 2.05) is 11.6 Å². The Bertz CT molecular complexity index is 1060. The van der Waals surface area contributed by atoms with E-state index in [4.69, 9.17) is 0 Å². The van der Waals surface area contributed by atoms with Gasteiger partial charge in [-0.25, -0.2) is 9.36 Å². The third-order valence-corrected chi connectivity index (χ3v) is 5.07. The molecule has 1 aliphatic carbocycles. The fourth-order valence-corrected chi connectivity index (χ4v) is 3.33. The van der Waals surface area contributed by atoms with Crippen molar-refractivity contribution in [1.82, 2.24) is 19.6 Å². The minimum absolute atomic E-state index is 0.222. The second-order valence-corrected chi connectivity index (χ2v) is 6.98. The van der Waals surface area contributed by atoms with E-state index >= 15 is 0 Å². The van der Waals surface area contributed by atoms with Crippen molar-refractivity contribution in [3.63, 3.8) is 0 Å². The van der Waals surface area contributed by atoms with Crippen LogP contribution in [0, 0.1) is 12.8 Å². The molecule has 134 valence electrons. The van der Waals surface area contributed by atoms with Crippen molar-refractivity contribution < 1.29 is 4.79 Å². The lowest BCUT2D eigenvalue weighted by Gasteiger charge is -2.16. The van der Waals surface area contributed by atoms with Gasteiger partial charge in [0.15, 0.2) is 5.69 Å². The number of carbonyl (C=O) groups excluding carboxylic acids is 1. The average molecular weight is 351 g/mol. The lowest BCUT2D eigenvalue weighted by atomic mass is 10.1. The highest BCUT2D eigenvalue weighted by molar-refractivity contribution is 6.11. The molecular formula is C19H21N5O2.